The number of hydrogen-bond acceptors (Lipinski definition) is 6. The lowest BCUT2D eigenvalue weighted by Gasteiger charge is -2.16. The molecule has 0 aliphatic heterocycles. The zero-order valence-electron chi connectivity index (χ0n) is 14.5. The molecule has 6 heteroatoms. The average Bonchev–Trinajstić information content (AvgIpc) is 3.17. The number of allylic oxidation sites excluding steroid dienone is 4. The van der Waals surface area contributed by atoms with Crippen LogP contribution in [0.3, 0.4) is 0 Å². The van der Waals surface area contributed by atoms with E-state index < -0.39 is 6.10 Å². The summed E-state index contributed by atoms with van der Waals surface area (Å²) in [6.45, 7) is 0. The molecule has 0 radical (unpaired) electrons. The van der Waals surface area contributed by atoms with Gasteiger partial charge in [-0.15, -0.1) is 11.3 Å². The molecule has 0 saturated carbocycles. The molecule has 132 valence electrons. The Hall–Kier alpha value is -2.31. The number of benzene rings is 1. The van der Waals surface area contributed by atoms with Crippen LogP contribution < -0.4 is 14.2 Å². The van der Waals surface area contributed by atoms with Gasteiger partial charge in [0.05, 0.1) is 27.0 Å². The molecule has 0 amide bonds. The van der Waals surface area contributed by atoms with Gasteiger partial charge in [-0.25, -0.2) is 4.98 Å². The molecule has 1 aromatic carbocycles. The van der Waals surface area contributed by atoms with Crippen LogP contribution in [0, 0.1) is 0 Å². The van der Waals surface area contributed by atoms with Gasteiger partial charge in [0, 0.05) is 5.38 Å². The van der Waals surface area contributed by atoms with Gasteiger partial charge >= 0.3 is 0 Å². The molecule has 25 heavy (non-hydrogen) atoms. The van der Waals surface area contributed by atoms with Crippen molar-refractivity contribution in [3.63, 3.8) is 0 Å². The van der Waals surface area contributed by atoms with E-state index in [1.807, 2.05) is 5.38 Å². The quantitative estimate of drug-likeness (QED) is 0.845. The van der Waals surface area contributed by atoms with Crippen molar-refractivity contribution in [3.8, 4) is 17.2 Å². The zero-order valence-corrected chi connectivity index (χ0v) is 15.3. The highest BCUT2D eigenvalue weighted by Crippen LogP contribution is 2.41. The van der Waals surface area contributed by atoms with Crippen molar-refractivity contribution < 1.29 is 19.3 Å². The number of thiazole rings is 1. The zero-order chi connectivity index (χ0) is 17.8. The van der Waals surface area contributed by atoms with Gasteiger partial charge in [-0.05, 0) is 36.1 Å². The highest BCUT2D eigenvalue weighted by atomic mass is 32.1. The molecule has 1 aliphatic rings. The first-order chi connectivity index (χ1) is 12.2. The Balaban J connectivity index is 1.93. The molecular formula is C19H21NO4S. The van der Waals surface area contributed by atoms with Crippen LogP contribution in [0.2, 0.25) is 0 Å². The number of aliphatic hydroxyl groups excluding tert-OH is 1. The number of nitrogens with zero attached hydrogens (tertiary/aromatic N) is 1. The predicted molar refractivity (Wildman–Crippen MR) is 98.6 cm³/mol. The van der Waals surface area contributed by atoms with Gasteiger partial charge in [0.25, 0.3) is 0 Å². The molecule has 3 rings (SSSR count). The van der Waals surface area contributed by atoms with Gasteiger partial charge in [0.15, 0.2) is 11.5 Å². The van der Waals surface area contributed by atoms with Crippen LogP contribution >= 0.6 is 11.3 Å². The van der Waals surface area contributed by atoms with Gasteiger partial charge in [-0.2, -0.15) is 0 Å². The minimum Gasteiger partial charge on any atom is -0.493 e. The Labute approximate surface area is 151 Å². The minimum atomic E-state index is -0.863. The van der Waals surface area contributed by atoms with Crippen LogP contribution in [-0.2, 0) is 0 Å². The van der Waals surface area contributed by atoms with Gasteiger partial charge in [-0.3, -0.25) is 0 Å². The standard InChI is InChI=1S/C19H21NO4S/c1-22-15-9-13(10-16(23-2)18(15)24-3)17(21)14-11-25-19(20-14)12-7-5-4-6-8-12/h4-5,7,9-11,17,21H,6,8H2,1-3H3. The maximum Gasteiger partial charge on any atom is 0.203 e. The monoisotopic (exact) mass is 359 g/mol. The minimum absolute atomic E-state index is 0.499. The maximum atomic E-state index is 10.8. The highest BCUT2D eigenvalue weighted by molar-refractivity contribution is 7.10. The highest BCUT2D eigenvalue weighted by Gasteiger charge is 2.21. The number of rotatable bonds is 6. The summed E-state index contributed by atoms with van der Waals surface area (Å²) in [5, 5.41) is 13.6. The van der Waals surface area contributed by atoms with Crippen molar-refractivity contribution in [1.29, 1.82) is 0 Å². The molecule has 1 heterocycles. The van der Waals surface area contributed by atoms with E-state index in [1.165, 1.54) is 5.57 Å². The molecule has 0 spiro atoms. The molecule has 1 aromatic heterocycles. The smallest absolute Gasteiger partial charge is 0.203 e. The first kappa shape index (κ1) is 17.5. The third-order valence-electron chi connectivity index (χ3n) is 4.09. The van der Waals surface area contributed by atoms with Crippen LogP contribution in [0.25, 0.3) is 5.57 Å². The van der Waals surface area contributed by atoms with Gasteiger partial charge in [-0.1, -0.05) is 18.2 Å². The van der Waals surface area contributed by atoms with Crippen LogP contribution in [-0.4, -0.2) is 31.4 Å². The second-order valence-corrected chi connectivity index (χ2v) is 6.46. The van der Waals surface area contributed by atoms with E-state index in [9.17, 15) is 5.11 Å². The van der Waals surface area contributed by atoms with Crippen molar-refractivity contribution in [2.24, 2.45) is 0 Å². The molecule has 2 aromatic rings. The van der Waals surface area contributed by atoms with Crippen LogP contribution in [0.5, 0.6) is 17.2 Å². The summed E-state index contributed by atoms with van der Waals surface area (Å²) < 4.78 is 16.0. The summed E-state index contributed by atoms with van der Waals surface area (Å²) in [6.07, 6.45) is 7.41. The summed E-state index contributed by atoms with van der Waals surface area (Å²) in [6, 6.07) is 3.49. The van der Waals surface area contributed by atoms with Gasteiger partial charge in [0.2, 0.25) is 5.75 Å². The summed E-state index contributed by atoms with van der Waals surface area (Å²) in [7, 11) is 4.66. The molecule has 1 N–H and O–H groups in total. The molecule has 1 unspecified atom stereocenters. The van der Waals surface area contributed by atoms with Crippen LogP contribution in [0.4, 0.5) is 0 Å². The summed E-state index contributed by atoms with van der Waals surface area (Å²) in [5.74, 6) is 1.51. The molecule has 1 atom stereocenters. The molecule has 1 aliphatic carbocycles. The van der Waals surface area contributed by atoms with Crippen LogP contribution in [0.15, 0.2) is 35.7 Å². The van der Waals surface area contributed by atoms with Crippen molar-refractivity contribution in [3.05, 3.63) is 52.0 Å². The summed E-state index contributed by atoms with van der Waals surface area (Å²) in [4.78, 5) is 4.62. The third-order valence-corrected chi connectivity index (χ3v) is 5.03. The van der Waals surface area contributed by atoms with E-state index >= 15 is 0 Å². The van der Waals surface area contributed by atoms with Crippen molar-refractivity contribution in [1.82, 2.24) is 4.98 Å². The Kier molecular flexibility index (Phi) is 5.40. The summed E-state index contributed by atoms with van der Waals surface area (Å²) >= 11 is 1.55. The second kappa shape index (κ2) is 7.72. The lowest BCUT2D eigenvalue weighted by molar-refractivity contribution is 0.214. The van der Waals surface area contributed by atoms with Gasteiger partial charge in [0.1, 0.15) is 11.1 Å². The second-order valence-electron chi connectivity index (χ2n) is 5.60. The molecule has 0 fully saturated rings. The van der Waals surface area contributed by atoms with E-state index in [0.29, 0.717) is 28.5 Å². The largest absolute Gasteiger partial charge is 0.493 e. The lowest BCUT2D eigenvalue weighted by atomic mass is 10.0. The Morgan fingerprint density at radius 3 is 2.40 bits per heavy atom. The first-order valence-corrected chi connectivity index (χ1v) is 8.85. The topological polar surface area (TPSA) is 60.8 Å². The van der Waals surface area contributed by atoms with Crippen molar-refractivity contribution in [2.75, 3.05) is 21.3 Å². The Morgan fingerprint density at radius 1 is 1.12 bits per heavy atom. The SMILES string of the molecule is COc1cc(C(O)c2csc(C3=CC=CCC3)n2)cc(OC)c1OC. The Morgan fingerprint density at radius 2 is 1.84 bits per heavy atom. The first-order valence-electron chi connectivity index (χ1n) is 7.97. The molecule has 0 saturated heterocycles. The fraction of sp³-hybridized carbons (Fsp3) is 0.316. The van der Waals surface area contributed by atoms with Crippen molar-refractivity contribution in [2.45, 2.75) is 18.9 Å². The predicted octanol–water partition coefficient (Wildman–Crippen LogP) is 3.98. The van der Waals surface area contributed by atoms with Crippen molar-refractivity contribution >= 4 is 16.9 Å². The number of methoxy groups -OCH3 is 3. The van der Waals surface area contributed by atoms with E-state index in [0.717, 1.165) is 17.8 Å². The number of hydrogen-bond donors (Lipinski definition) is 1. The molecular weight excluding hydrogens is 338 g/mol. The summed E-state index contributed by atoms with van der Waals surface area (Å²) in [5.41, 5.74) is 2.46. The average molecular weight is 359 g/mol. The third kappa shape index (κ3) is 3.55. The van der Waals surface area contributed by atoms with Crippen LogP contribution in [0.1, 0.15) is 35.2 Å². The molecule has 0 bridgehead atoms. The fourth-order valence-corrected chi connectivity index (χ4v) is 3.66. The van der Waals surface area contributed by atoms with Gasteiger partial charge < -0.3 is 19.3 Å². The number of ether oxygens (including phenoxy) is 3. The lowest BCUT2D eigenvalue weighted by Crippen LogP contribution is -2.03. The Bertz CT molecular complexity index is 785. The maximum absolute atomic E-state index is 10.8. The fourth-order valence-electron chi connectivity index (χ4n) is 2.77. The molecule has 5 nitrogen and oxygen atoms in total. The normalized spacial score (nSPS) is 14.8. The van der Waals surface area contributed by atoms with E-state index in [2.05, 4.69) is 23.2 Å². The van der Waals surface area contributed by atoms with E-state index in [4.69, 9.17) is 14.2 Å². The van der Waals surface area contributed by atoms with E-state index in [1.54, 1.807) is 44.8 Å². The van der Waals surface area contributed by atoms with E-state index in [-0.39, 0.29) is 0 Å². The number of aliphatic hydroxyl groups is 1. The number of aromatic nitrogens is 1.